The molecule has 2 fully saturated rings. The Morgan fingerprint density at radius 1 is 1.06 bits per heavy atom. The van der Waals surface area contributed by atoms with Gasteiger partial charge in [-0.3, -0.25) is 9.88 Å². The molecule has 34 heavy (non-hydrogen) atoms. The highest BCUT2D eigenvalue weighted by atomic mass is 35.5. The standard InChI is InChI=1S/C28H32ClN3O2/c1-33-21-8-11-27-23(17-21)24(18-34-27)19-4-6-20(7-5-19)31-13-15-32(16-14-31)26-10-9-25(29)22-3-2-12-30-28(22)26/h2-3,8-12,18-21H,4-7,13-17H2,1H3/t19?,20?,21-/m0/s1. The summed E-state index contributed by atoms with van der Waals surface area (Å²) in [5.41, 5.74) is 5.01. The number of fused-ring (bicyclic) bond motifs is 2. The summed E-state index contributed by atoms with van der Waals surface area (Å²) in [7, 11) is 1.79. The van der Waals surface area contributed by atoms with Crippen molar-refractivity contribution in [2.75, 3.05) is 38.2 Å². The molecule has 6 rings (SSSR count). The van der Waals surface area contributed by atoms with Crippen molar-refractivity contribution in [3.63, 3.8) is 0 Å². The van der Waals surface area contributed by atoms with E-state index in [0.717, 1.165) is 54.3 Å². The number of ether oxygens (including phenoxy) is 1. The Kier molecular flexibility index (Phi) is 6.10. The number of anilines is 1. The van der Waals surface area contributed by atoms with E-state index in [1.165, 1.54) is 42.5 Å². The van der Waals surface area contributed by atoms with Crippen LogP contribution in [0.4, 0.5) is 5.69 Å². The van der Waals surface area contributed by atoms with E-state index >= 15 is 0 Å². The average Bonchev–Trinajstić information content (AvgIpc) is 3.32. The molecule has 2 aliphatic carbocycles. The number of furan rings is 1. The fourth-order valence-corrected chi connectivity index (χ4v) is 6.41. The lowest BCUT2D eigenvalue weighted by molar-refractivity contribution is 0.137. The highest BCUT2D eigenvalue weighted by molar-refractivity contribution is 6.35. The number of methoxy groups -OCH3 is 1. The van der Waals surface area contributed by atoms with Crippen molar-refractivity contribution >= 4 is 34.3 Å². The van der Waals surface area contributed by atoms with Gasteiger partial charge in [0, 0.05) is 62.9 Å². The van der Waals surface area contributed by atoms with Crippen LogP contribution in [0.15, 0.2) is 47.2 Å². The number of piperazine rings is 1. The van der Waals surface area contributed by atoms with Crippen LogP contribution in [0.5, 0.6) is 0 Å². The zero-order valence-electron chi connectivity index (χ0n) is 19.8. The summed E-state index contributed by atoms with van der Waals surface area (Å²) in [6, 6.07) is 8.85. The van der Waals surface area contributed by atoms with E-state index < -0.39 is 0 Å². The van der Waals surface area contributed by atoms with E-state index in [-0.39, 0.29) is 6.10 Å². The number of aromatic nitrogens is 1. The SMILES string of the molecule is CO[C@H]1C=Cc2occ(C3CCC(N4CCN(c5ccc(Cl)c6cccnc56)CC4)CC3)c2C1. The molecule has 178 valence electrons. The van der Waals surface area contributed by atoms with Crippen molar-refractivity contribution in [2.45, 2.75) is 50.2 Å². The van der Waals surface area contributed by atoms with Gasteiger partial charge in [0.2, 0.25) is 0 Å². The van der Waals surface area contributed by atoms with Crippen molar-refractivity contribution in [2.24, 2.45) is 0 Å². The van der Waals surface area contributed by atoms with E-state index in [1.54, 1.807) is 7.11 Å². The van der Waals surface area contributed by atoms with Crippen LogP contribution in [0, 0.1) is 0 Å². The van der Waals surface area contributed by atoms with Crippen LogP contribution in [-0.4, -0.2) is 55.3 Å². The number of nitrogens with zero attached hydrogens (tertiary/aromatic N) is 3. The van der Waals surface area contributed by atoms with Crippen molar-refractivity contribution in [1.82, 2.24) is 9.88 Å². The molecular weight excluding hydrogens is 446 g/mol. The van der Waals surface area contributed by atoms with Gasteiger partial charge >= 0.3 is 0 Å². The molecule has 0 spiro atoms. The molecule has 1 atom stereocenters. The number of halogens is 1. The van der Waals surface area contributed by atoms with E-state index in [4.69, 9.17) is 20.8 Å². The van der Waals surface area contributed by atoms with Gasteiger partial charge < -0.3 is 14.1 Å². The van der Waals surface area contributed by atoms with E-state index in [1.807, 2.05) is 24.6 Å². The second-order valence-electron chi connectivity index (χ2n) is 9.87. The minimum Gasteiger partial charge on any atom is -0.464 e. The Morgan fingerprint density at radius 3 is 2.68 bits per heavy atom. The maximum absolute atomic E-state index is 6.41. The zero-order chi connectivity index (χ0) is 23.1. The van der Waals surface area contributed by atoms with E-state index in [9.17, 15) is 0 Å². The molecule has 3 heterocycles. The minimum absolute atomic E-state index is 0.171. The van der Waals surface area contributed by atoms with E-state index in [0.29, 0.717) is 12.0 Å². The fraction of sp³-hybridized carbons (Fsp3) is 0.464. The summed E-state index contributed by atoms with van der Waals surface area (Å²) < 4.78 is 11.5. The number of hydrogen-bond donors (Lipinski definition) is 0. The van der Waals surface area contributed by atoms with Crippen molar-refractivity contribution in [3.8, 4) is 0 Å². The second kappa shape index (κ2) is 9.37. The summed E-state index contributed by atoms with van der Waals surface area (Å²) >= 11 is 6.41. The first kappa shape index (κ1) is 22.1. The third-order valence-corrected chi connectivity index (χ3v) is 8.46. The predicted molar refractivity (Wildman–Crippen MR) is 138 cm³/mol. The number of rotatable bonds is 4. The highest BCUT2D eigenvalue weighted by Gasteiger charge is 2.32. The smallest absolute Gasteiger partial charge is 0.130 e. The van der Waals surface area contributed by atoms with Gasteiger partial charge in [0.1, 0.15) is 5.76 Å². The molecule has 3 aromatic rings. The molecule has 1 saturated carbocycles. The molecule has 2 aromatic heterocycles. The van der Waals surface area contributed by atoms with Gasteiger partial charge in [0.25, 0.3) is 0 Å². The van der Waals surface area contributed by atoms with Crippen molar-refractivity contribution < 1.29 is 9.15 Å². The molecule has 3 aliphatic rings. The number of benzene rings is 1. The lowest BCUT2D eigenvalue weighted by Crippen LogP contribution is -2.51. The van der Waals surface area contributed by atoms with Crippen molar-refractivity contribution in [1.29, 1.82) is 0 Å². The van der Waals surface area contributed by atoms with Crippen LogP contribution >= 0.6 is 11.6 Å². The first-order valence-corrected chi connectivity index (χ1v) is 12.9. The monoisotopic (exact) mass is 477 g/mol. The topological polar surface area (TPSA) is 41.7 Å². The molecule has 6 heteroatoms. The molecular formula is C28H32ClN3O2. The van der Waals surface area contributed by atoms with Crippen LogP contribution in [0.25, 0.3) is 17.0 Å². The first-order valence-electron chi connectivity index (χ1n) is 12.5. The van der Waals surface area contributed by atoms with E-state index in [2.05, 4.69) is 39.1 Å². The normalized spacial score (nSPS) is 25.6. The van der Waals surface area contributed by atoms with Gasteiger partial charge in [-0.05, 0) is 67.5 Å². The summed E-state index contributed by atoms with van der Waals surface area (Å²) in [5.74, 6) is 1.64. The van der Waals surface area contributed by atoms with Gasteiger partial charge in [-0.15, -0.1) is 0 Å². The predicted octanol–water partition coefficient (Wildman–Crippen LogP) is 5.91. The molecule has 0 N–H and O–H groups in total. The molecule has 5 nitrogen and oxygen atoms in total. The molecule has 1 aliphatic heterocycles. The molecule has 1 aromatic carbocycles. The maximum atomic E-state index is 6.41. The van der Waals surface area contributed by atoms with Crippen molar-refractivity contribution in [3.05, 3.63) is 64.7 Å². The van der Waals surface area contributed by atoms with Crippen LogP contribution in [0.3, 0.4) is 0 Å². The van der Waals surface area contributed by atoms with Crippen LogP contribution in [-0.2, 0) is 11.2 Å². The van der Waals surface area contributed by atoms with Gasteiger partial charge in [-0.25, -0.2) is 0 Å². The maximum Gasteiger partial charge on any atom is 0.130 e. The third-order valence-electron chi connectivity index (χ3n) is 8.13. The Balaban J connectivity index is 1.08. The van der Waals surface area contributed by atoms with Crippen LogP contribution in [0.1, 0.15) is 48.5 Å². The number of hydrogen-bond acceptors (Lipinski definition) is 5. The summed E-state index contributed by atoms with van der Waals surface area (Å²) in [4.78, 5) is 9.83. The summed E-state index contributed by atoms with van der Waals surface area (Å²) in [6.45, 7) is 4.28. The highest BCUT2D eigenvalue weighted by Crippen LogP contribution is 2.40. The number of pyridine rings is 1. The quantitative estimate of drug-likeness (QED) is 0.467. The molecule has 0 amide bonds. The Bertz CT molecular complexity index is 1190. The molecule has 0 radical (unpaired) electrons. The molecule has 1 saturated heterocycles. The van der Waals surface area contributed by atoms with Gasteiger partial charge in [0.05, 0.1) is 28.6 Å². The van der Waals surface area contributed by atoms with Gasteiger partial charge in [-0.1, -0.05) is 17.7 Å². The molecule has 0 bridgehead atoms. The lowest BCUT2D eigenvalue weighted by atomic mass is 9.79. The minimum atomic E-state index is 0.171. The fourth-order valence-electron chi connectivity index (χ4n) is 6.20. The first-order chi connectivity index (χ1) is 16.7. The third kappa shape index (κ3) is 4.04. The lowest BCUT2D eigenvalue weighted by Gasteiger charge is -2.42. The van der Waals surface area contributed by atoms with Gasteiger partial charge in [0.15, 0.2) is 0 Å². The van der Waals surface area contributed by atoms with Crippen LogP contribution < -0.4 is 4.90 Å². The zero-order valence-corrected chi connectivity index (χ0v) is 20.5. The Hall–Kier alpha value is -2.34. The summed E-state index contributed by atoms with van der Waals surface area (Å²) in [5, 5.41) is 1.81. The summed E-state index contributed by atoms with van der Waals surface area (Å²) in [6.07, 6.45) is 14.2. The average molecular weight is 478 g/mol. The Morgan fingerprint density at radius 2 is 1.88 bits per heavy atom. The molecule has 0 unspecified atom stereocenters. The second-order valence-corrected chi connectivity index (χ2v) is 10.3. The van der Waals surface area contributed by atoms with Crippen LogP contribution in [0.2, 0.25) is 5.02 Å². The van der Waals surface area contributed by atoms with Gasteiger partial charge in [-0.2, -0.15) is 0 Å². The Labute approximate surface area is 206 Å². The largest absolute Gasteiger partial charge is 0.464 e.